The summed E-state index contributed by atoms with van der Waals surface area (Å²) in [5.74, 6) is -2.94. The zero-order chi connectivity index (χ0) is 36.2. The van der Waals surface area contributed by atoms with Crippen molar-refractivity contribution in [3.05, 3.63) is 71.4 Å². The van der Waals surface area contributed by atoms with Crippen molar-refractivity contribution in [3.8, 4) is 0 Å². The van der Waals surface area contributed by atoms with Crippen molar-refractivity contribution in [2.45, 2.75) is 87.7 Å². The van der Waals surface area contributed by atoms with E-state index in [4.69, 9.17) is 15.5 Å². The molecule has 3 heterocycles. The molecule has 0 radical (unpaired) electrons. The van der Waals surface area contributed by atoms with Crippen LogP contribution in [0.5, 0.6) is 0 Å². The zero-order valence-corrected chi connectivity index (χ0v) is 27.8. The van der Waals surface area contributed by atoms with Crippen LogP contribution in [-0.2, 0) is 36.0 Å². The first kappa shape index (κ1) is 36.6. The molecule has 0 spiro atoms. The molecule has 1 unspecified atom stereocenters. The van der Waals surface area contributed by atoms with Crippen LogP contribution >= 0.6 is 7.60 Å². The predicted octanol–water partition coefficient (Wildman–Crippen LogP) is 2.49. The largest absolute Gasteiger partial charge is 0.399 e. The quantitative estimate of drug-likeness (QED) is 0.138. The molecular formula is C33H39F2N6O8P. The number of nitrogens with two attached hydrogens (primary N) is 1. The van der Waals surface area contributed by atoms with E-state index in [2.05, 4.69) is 20.9 Å². The van der Waals surface area contributed by atoms with Gasteiger partial charge in [0.25, 0.3) is 5.91 Å². The minimum absolute atomic E-state index is 0.0482. The van der Waals surface area contributed by atoms with E-state index in [1.165, 1.54) is 17.0 Å². The van der Waals surface area contributed by atoms with Crippen LogP contribution in [0.3, 0.4) is 0 Å². The molecule has 0 aliphatic carbocycles. The first-order valence-corrected chi connectivity index (χ1v) is 17.9. The summed E-state index contributed by atoms with van der Waals surface area (Å²) in [6, 6.07) is 9.90. The number of H-pyrrole nitrogens is 1. The molecule has 5 rings (SSSR count). The monoisotopic (exact) mass is 716 g/mol. The van der Waals surface area contributed by atoms with Crippen molar-refractivity contribution in [1.82, 2.24) is 25.8 Å². The Morgan fingerprint density at radius 1 is 1.02 bits per heavy atom. The molecule has 1 aromatic heterocycles. The highest BCUT2D eigenvalue weighted by atomic mass is 31.2. The lowest BCUT2D eigenvalue weighted by atomic mass is 9.98. The summed E-state index contributed by atoms with van der Waals surface area (Å²) in [6.07, 6.45) is 2.89. The number of halogens is 2. The minimum Gasteiger partial charge on any atom is -0.370 e. The molecule has 3 aromatic rings. The smallest absolute Gasteiger partial charge is 0.370 e. The molecule has 2 aromatic carbocycles. The van der Waals surface area contributed by atoms with Gasteiger partial charge in [-0.25, -0.2) is 0 Å². The number of hydrogen-bond acceptors (Lipinski definition) is 6. The van der Waals surface area contributed by atoms with Gasteiger partial charge in [-0.1, -0.05) is 49.2 Å². The average molecular weight is 717 g/mol. The Balaban J connectivity index is 1.29. The number of nitrogens with one attached hydrogen (secondary N) is 4. The maximum atomic E-state index is 14.3. The van der Waals surface area contributed by atoms with E-state index in [0.29, 0.717) is 25.7 Å². The van der Waals surface area contributed by atoms with Gasteiger partial charge in [-0.05, 0) is 55.9 Å². The fourth-order valence-corrected chi connectivity index (χ4v) is 6.98. The summed E-state index contributed by atoms with van der Waals surface area (Å²) in [5.41, 5.74) is 0.975. The number of carbonyl (C=O) groups excluding carboxylic acids is 5. The van der Waals surface area contributed by atoms with Crippen LogP contribution in [0.2, 0.25) is 0 Å². The zero-order valence-electron chi connectivity index (χ0n) is 26.9. The molecule has 2 aliphatic heterocycles. The van der Waals surface area contributed by atoms with Crippen molar-refractivity contribution in [3.63, 3.8) is 0 Å². The van der Waals surface area contributed by atoms with Crippen LogP contribution in [0.25, 0.3) is 10.9 Å². The van der Waals surface area contributed by atoms with E-state index in [9.17, 15) is 37.3 Å². The minimum atomic E-state index is -5.81. The highest BCUT2D eigenvalue weighted by Gasteiger charge is 2.50. The maximum absolute atomic E-state index is 14.3. The topological polar surface area (TPSA) is 224 Å². The number of hydrogen-bond donors (Lipinski definition) is 7. The van der Waals surface area contributed by atoms with Crippen LogP contribution in [0, 0.1) is 0 Å². The van der Waals surface area contributed by atoms with Gasteiger partial charge >= 0.3 is 13.3 Å². The van der Waals surface area contributed by atoms with Gasteiger partial charge in [-0.15, -0.1) is 0 Å². The lowest BCUT2D eigenvalue weighted by molar-refractivity contribution is -0.143. The molecular weight excluding hydrogens is 677 g/mol. The highest BCUT2D eigenvalue weighted by Crippen LogP contribution is 2.59. The van der Waals surface area contributed by atoms with Crippen molar-refractivity contribution in [1.29, 1.82) is 0 Å². The number of benzene rings is 2. The SMILES string of the molecule is NC(=O)CC[C@H](NC(=O)[C@@H]1CCC2CCCC[C@H](NC(=O)c3cc4cc(C(F)(F)P(=O)(O)O)ccc4[nH]3)C(=O)N21)C(=O)NCc1ccccc1. The Morgan fingerprint density at radius 2 is 1.74 bits per heavy atom. The molecule has 2 fully saturated rings. The Labute approximate surface area is 285 Å². The van der Waals surface area contributed by atoms with Crippen LogP contribution in [0.1, 0.15) is 73.0 Å². The number of fused-ring (bicyclic) bond motifs is 2. The normalized spacial score (nSPS) is 20.4. The molecule has 4 atom stereocenters. The van der Waals surface area contributed by atoms with Crippen molar-refractivity contribution in [2.24, 2.45) is 5.73 Å². The molecule has 2 saturated heterocycles. The second-order valence-corrected chi connectivity index (χ2v) is 14.3. The third-order valence-electron chi connectivity index (χ3n) is 9.14. The standard InChI is InChI=1S/C33H39F2N6O8P/c34-33(35,50(47,48)49)21-10-12-23-20(16-21)17-26(38-23)30(44)40-25-9-5-4-8-22-11-14-27(41(22)32(25)46)31(45)39-24(13-15-28(36)42)29(43)37-18-19-6-2-1-3-7-19/h1-3,6-7,10,12,16-17,22,24-25,27,38H,4-5,8-9,11,13-15,18H2,(H2,36,42)(H,37,43)(H,39,45)(H,40,44)(H2,47,48,49)/t22?,24-,25-,27-/m0/s1. The molecule has 8 N–H and O–H groups in total. The lowest BCUT2D eigenvalue weighted by Crippen LogP contribution is -2.58. The number of primary amides is 1. The summed E-state index contributed by atoms with van der Waals surface area (Å²) in [4.78, 5) is 88.2. The van der Waals surface area contributed by atoms with Gasteiger partial charge in [0.2, 0.25) is 23.6 Å². The number of alkyl halides is 2. The average Bonchev–Trinajstić information content (AvgIpc) is 3.70. The lowest BCUT2D eigenvalue weighted by Gasteiger charge is -2.35. The number of rotatable bonds is 12. The van der Waals surface area contributed by atoms with E-state index in [1.54, 1.807) is 0 Å². The van der Waals surface area contributed by atoms with Gasteiger partial charge in [0, 0.05) is 35.5 Å². The van der Waals surface area contributed by atoms with Crippen molar-refractivity contribution in [2.75, 3.05) is 0 Å². The summed E-state index contributed by atoms with van der Waals surface area (Å²) in [7, 11) is -5.81. The summed E-state index contributed by atoms with van der Waals surface area (Å²) in [6.45, 7) is 0.192. The second-order valence-electron chi connectivity index (χ2n) is 12.6. The molecule has 14 nitrogen and oxygen atoms in total. The molecule has 268 valence electrons. The Kier molecular flexibility index (Phi) is 11.0. The number of aromatic amines is 1. The Morgan fingerprint density at radius 3 is 2.44 bits per heavy atom. The molecule has 0 bridgehead atoms. The maximum Gasteiger partial charge on any atom is 0.399 e. The second kappa shape index (κ2) is 15.1. The summed E-state index contributed by atoms with van der Waals surface area (Å²) in [5, 5.41) is 8.27. The summed E-state index contributed by atoms with van der Waals surface area (Å²) < 4.78 is 39.9. The summed E-state index contributed by atoms with van der Waals surface area (Å²) >= 11 is 0. The molecule has 0 saturated carbocycles. The number of nitrogens with zero attached hydrogens (tertiary/aromatic N) is 1. The van der Waals surface area contributed by atoms with Gasteiger partial charge in [0.15, 0.2) is 0 Å². The van der Waals surface area contributed by atoms with E-state index in [0.717, 1.165) is 24.1 Å². The number of carbonyl (C=O) groups is 5. The van der Waals surface area contributed by atoms with Gasteiger partial charge < -0.3 is 41.4 Å². The van der Waals surface area contributed by atoms with Crippen LogP contribution in [0.4, 0.5) is 8.78 Å². The first-order chi connectivity index (χ1) is 23.7. The van der Waals surface area contributed by atoms with Gasteiger partial charge in [0.1, 0.15) is 23.8 Å². The third kappa shape index (κ3) is 8.20. The fourth-order valence-electron chi connectivity index (χ4n) is 6.50. The van der Waals surface area contributed by atoms with E-state index in [1.807, 2.05) is 30.3 Å². The van der Waals surface area contributed by atoms with Crippen LogP contribution < -0.4 is 21.7 Å². The molecule has 2 aliphatic rings. The van der Waals surface area contributed by atoms with Gasteiger partial charge in [-0.3, -0.25) is 28.5 Å². The van der Waals surface area contributed by atoms with Crippen LogP contribution in [-0.4, -0.2) is 73.4 Å². The van der Waals surface area contributed by atoms with Crippen molar-refractivity contribution < 1.29 is 47.1 Å². The van der Waals surface area contributed by atoms with Gasteiger partial charge in [-0.2, -0.15) is 8.78 Å². The van der Waals surface area contributed by atoms with E-state index < -0.39 is 66.5 Å². The third-order valence-corrected chi connectivity index (χ3v) is 10.1. The van der Waals surface area contributed by atoms with Crippen LogP contribution in [0.15, 0.2) is 54.6 Å². The predicted molar refractivity (Wildman–Crippen MR) is 176 cm³/mol. The fraction of sp³-hybridized carbons (Fsp3) is 0.424. The van der Waals surface area contributed by atoms with E-state index in [-0.39, 0.29) is 48.4 Å². The Hall–Kier alpha value is -4.66. The number of amides is 5. The molecule has 50 heavy (non-hydrogen) atoms. The highest BCUT2D eigenvalue weighted by molar-refractivity contribution is 7.52. The van der Waals surface area contributed by atoms with Gasteiger partial charge in [0.05, 0.1) is 0 Å². The number of aromatic nitrogens is 1. The van der Waals surface area contributed by atoms with E-state index >= 15 is 0 Å². The first-order valence-electron chi connectivity index (χ1n) is 16.3. The van der Waals surface area contributed by atoms with Crippen molar-refractivity contribution >= 4 is 48.0 Å². The Bertz CT molecular complexity index is 1820. The molecule has 5 amide bonds. The molecule has 17 heteroatoms.